The molecule has 2 aromatic heterocycles. The molecular formula is C58H36N2. The van der Waals surface area contributed by atoms with E-state index in [-0.39, 0.29) is 0 Å². The molecule has 11 aromatic carbocycles. The molecule has 0 aliphatic carbocycles. The van der Waals surface area contributed by atoms with Gasteiger partial charge in [-0.3, -0.25) is 0 Å². The Morgan fingerprint density at radius 1 is 0.217 bits per heavy atom. The summed E-state index contributed by atoms with van der Waals surface area (Å²) in [6.45, 7) is 0. The molecule has 0 spiro atoms. The fourth-order valence-electron chi connectivity index (χ4n) is 10.1. The van der Waals surface area contributed by atoms with E-state index in [1.165, 1.54) is 120 Å². The van der Waals surface area contributed by atoms with Crippen molar-refractivity contribution in [2.24, 2.45) is 0 Å². The molecule has 0 aliphatic rings. The van der Waals surface area contributed by atoms with Crippen molar-refractivity contribution in [3.63, 3.8) is 0 Å². The van der Waals surface area contributed by atoms with Gasteiger partial charge in [0.25, 0.3) is 0 Å². The second-order valence-electron chi connectivity index (χ2n) is 16.1. The number of benzene rings is 11. The molecule has 13 aromatic rings. The van der Waals surface area contributed by atoms with Gasteiger partial charge in [0.15, 0.2) is 0 Å². The van der Waals surface area contributed by atoms with E-state index in [0.717, 1.165) is 0 Å². The number of hydrogen-bond acceptors (Lipinski definition) is 0. The van der Waals surface area contributed by atoms with Crippen LogP contribution in [0.15, 0.2) is 218 Å². The number of hydrogen-bond donors (Lipinski definition) is 0. The van der Waals surface area contributed by atoms with Crippen molar-refractivity contribution >= 4 is 86.7 Å². The number of nitrogens with zero attached hydrogens (tertiary/aromatic N) is 2. The Hall–Kier alpha value is -7.94. The first-order valence-electron chi connectivity index (χ1n) is 20.8. The maximum atomic E-state index is 2.44. The molecule has 0 unspecified atom stereocenters. The topological polar surface area (TPSA) is 9.86 Å². The molecule has 0 radical (unpaired) electrons. The van der Waals surface area contributed by atoms with Crippen LogP contribution in [0.1, 0.15) is 0 Å². The maximum Gasteiger partial charge on any atom is 0.0619 e. The molecule has 0 atom stereocenters. The number of rotatable bonds is 4. The first kappa shape index (κ1) is 33.1. The van der Waals surface area contributed by atoms with Gasteiger partial charge in [-0.25, -0.2) is 0 Å². The van der Waals surface area contributed by atoms with Crippen molar-refractivity contribution in [2.45, 2.75) is 0 Å². The first-order valence-corrected chi connectivity index (χ1v) is 20.8. The van der Waals surface area contributed by atoms with Crippen LogP contribution in [-0.2, 0) is 0 Å². The van der Waals surface area contributed by atoms with Crippen LogP contribution in [0.2, 0.25) is 0 Å². The molecule has 13 rings (SSSR count). The van der Waals surface area contributed by atoms with Crippen LogP contribution in [0.5, 0.6) is 0 Å². The van der Waals surface area contributed by atoms with Crippen molar-refractivity contribution in [2.75, 3.05) is 0 Å². The SMILES string of the molecule is c1ccc(-n2c3ccc(-c4ccc(-c5ccc6c(c5)c5ccccc5n6-c5ccc6c7ccccc7c7ccccc7c6c5)cc4)cc3c3ccc4ccccc4c32)cc1. The van der Waals surface area contributed by atoms with Gasteiger partial charge in [-0.05, 0) is 115 Å². The monoisotopic (exact) mass is 760 g/mol. The average Bonchev–Trinajstić information content (AvgIpc) is 3.84. The Balaban J connectivity index is 0.916. The fourth-order valence-corrected chi connectivity index (χ4v) is 10.1. The van der Waals surface area contributed by atoms with E-state index in [4.69, 9.17) is 0 Å². The zero-order valence-electron chi connectivity index (χ0n) is 32.7. The summed E-state index contributed by atoms with van der Waals surface area (Å²) < 4.78 is 4.87. The fraction of sp³-hybridized carbons (Fsp3) is 0. The number of para-hydroxylation sites is 2. The molecule has 60 heavy (non-hydrogen) atoms. The quantitative estimate of drug-likeness (QED) is 0.158. The number of aromatic nitrogens is 2. The van der Waals surface area contributed by atoms with E-state index in [1.807, 2.05) is 0 Å². The zero-order valence-corrected chi connectivity index (χ0v) is 32.7. The molecule has 0 saturated carbocycles. The second-order valence-corrected chi connectivity index (χ2v) is 16.1. The molecular weight excluding hydrogens is 725 g/mol. The normalized spacial score (nSPS) is 12.0. The third-order valence-corrected chi connectivity index (χ3v) is 12.9. The van der Waals surface area contributed by atoms with Crippen LogP contribution in [0, 0.1) is 0 Å². The third kappa shape index (κ3) is 4.82. The Morgan fingerprint density at radius 3 is 1.35 bits per heavy atom. The summed E-state index contributed by atoms with van der Waals surface area (Å²) in [4.78, 5) is 0. The van der Waals surface area contributed by atoms with Gasteiger partial charge in [-0.15, -0.1) is 0 Å². The highest BCUT2D eigenvalue weighted by Crippen LogP contribution is 2.41. The van der Waals surface area contributed by atoms with Crippen molar-refractivity contribution in [3.05, 3.63) is 218 Å². The standard InChI is InChI=1S/C58H36N2/c1-2-13-42(14-3-1)60-57-33-28-41(35-54(57)51-30-26-39-12-4-5-15-44(39)58(51)60)38-24-22-37(23-25-38)40-27-32-56-53(34-40)50-20-10-11-21-55(50)59(56)43-29-31-49-47-18-7-6-16-45(47)46-17-8-9-19-48(46)52(49)36-43/h1-36H. The minimum Gasteiger partial charge on any atom is -0.309 e. The predicted molar refractivity (Wildman–Crippen MR) is 256 cm³/mol. The van der Waals surface area contributed by atoms with Gasteiger partial charge in [-0.1, -0.05) is 164 Å². The molecule has 2 heterocycles. The van der Waals surface area contributed by atoms with Gasteiger partial charge in [0.1, 0.15) is 0 Å². The van der Waals surface area contributed by atoms with Crippen LogP contribution in [0.25, 0.3) is 120 Å². The molecule has 2 heteroatoms. The van der Waals surface area contributed by atoms with Crippen molar-refractivity contribution < 1.29 is 0 Å². The van der Waals surface area contributed by atoms with E-state index in [1.54, 1.807) is 0 Å². The Kier molecular flexibility index (Phi) is 7.05. The molecule has 278 valence electrons. The van der Waals surface area contributed by atoms with Crippen molar-refractivity contribution in [1.29, 1.82) is 0 Å². The predicted octanol–water partition coefficient (Wildman–Crippen LogP) is 15.8. The van der Waals surface area contributed by atoms with E-state index < -0.39 is 0 Å². The summed E-state index contributed by atoms with van der Waals surface area (Å²) >= 11 is 0. The number of fused-ring (bicyclic) bond motifs is 14. The second kappa shape index (κ2) is 12.8. The Morgan fingerprint density at radius 2 is 0.683 bits per heavy atom. The summed E-state index contributed by atoms with van der Waals surface area (Å²) in [5.41, 5.74) is 12.1. The van der Waals surface area contributed by atoms with Crippen LogP contribution in [0.3, 0.4) is 0 Å². The molecule has 0 saturated heterocycles. The summed E-state index contributed by atoms with van der Waals surface area (Å²) in [6.07, 6.45) is 0. The highest BCUT2D eigenvalue weighted by atomic mass is 15.0. The first-order chi connectivity index (χ1) is 29.8. The largest absolute Gasteiger partial charge is 0.309 e. The van der Waals surface area contributed by atoms with Gasteiger partial charge < -0.3 is 9.13 Å². The van der Waals surface area contributed by atoms with Gasteiger partial charge in [-0.2, -0.15) is 0 Å². The molecule has 0 amide bonds. The van der Waals surface area contributed by atoms with Gasteiger partial charge in [0.05, 0.1) is 22.1 Å². The average molecular weight is 761 g/mol. The Bertz CT molecular complexity index is 3830. The van der Waals surface area contributed by atoms with Crippen molar-refractivity contribution in [1.82, 2.24) is 9.13 Å². The Labute approximate surface area is 346 Å². The summed E-state index contributed by atoms with van der Waals surface area (Å²) in [6, 6.07) is 80.5. The lowest BCUT2D eigenvalue weighted by Gasteiger charge is -2.14. The molecule has 0 fully saturated rings. The summed E-state index contributed by atoms with van der Waals surface area (Å²) in [5, 5.41) is 15.3. The van der Waals surface area contributed by atoms with E-state index in [9.17, 15) is 0 Å². The molecule has 0 bridgehead atoms. The zero-order chi connectivity index (χ0) is 39.3. The molecule has 0 N–H and O–H groups in total. The minimum absolute atomic E-state index is 1.17. The lowest BCUT2D eigenvalue weighted by molar-refractivity contribution is 1.19. The lowest BCUT2D eigenvalue weighted by atomic mass is 9.94. The highest BCUT2D eigenvalue weighted by molar-refractivity contribution is 6.26. The minimum atomic E-state index is 1.17. The molecule has 2 nitrogen and oxygen atoms in total. The molecule has 0 aliphatic heterocycles. The van der Waals surface area contributed by atoms with Crippen molar-refractivity contribution in [3.8, 4) is 33.6 Å². The maximum absolute atomic E-state index is 2.44. The van der Waals surface area contributed by atoms with Crippen LogP contribution >= 0.6 is 0 Å². The van der Waals surface area contributed by atoms with Gasteiger partial charge >= 0.3 is 0 Å². The van der Waals surface area contributed by atoms with E-state index in [2.05, 4.69) is 228 Å². The third-order valence-electron chi connectivity index (χ3n) is 12.9. The van der Waals surface area contributed by atoms with Crippen LogP contribution < -0.4 is 0 Å². The van der Waals surface area contributed by atoms with Gasteiger partial charge in [0, 0.05) is 38.3 Å². The summed E-state index contributed by atoms with van der Waals surface area (Å²) in [5.74, 6) is 0. The van der Waals surface area contributed by atoms with Crippen LogP contribution in [-0.4, -0.2) is 9.13 Å². The van der Waals surface area contributed by atoms with Crippen LogP contribution in [0.4, 0.5) is 0 Å². The highest BCUT2D eigenvalue weighted by Gasteiger charge is 2.18. The van der Waals surface area contributed by atoms with Gasteiger partial charge in [0.2, 0.25) is 0 Å². The van der Waals surface area contributed by atoms with E-state index in [0.29, 0.717) is 0 Å². The smallest absolute Gasteiger partial charge is 0.0619 e. The lowest BCUT2D eigenvalue weighted by Crippen LogP contribution is -1.94. The summed E-state index contributed by atoms with van der Waals surface area (Å²) in [7, 11) is 0. The van der Waals surface area contributed by atoms with E-state index >= 15 is 0 Å².